The molecule has 0 fully saturated rings. The third-order valence-electron chi connectivity index (χ3n) is 3.83. The van der Waals surface area contributed by atoms with Gasteiger partial charge in [-0.2, -0.15) is 0 Å². The second-order valence-corrected chi connectivity index (χ2v) is 6.20. The molecule has 1 N–H and O–H groups in total. The first-order valence-corrected chi connectivity index (χ1v) is 7.66. The van der Waals surface area contributed by atoms with E-state index in [2.05, 4.69) is 62.2 Å². The van der Waals surface area contributed by atoms with E-state index in [4.69, 9.17) is 0 Å². The second-order valence-electron chi connectivity index (χ2n) is 5.25. The summed E-state index contributed by atoms with van der Waals surface area (Å²) in [5, 5.41) is 6.83. The van der Waals surface area contributed by atoms with Crippen LogP contribution in [0, 0.1) is 6.92 Å². The van der Waals surface area contributed by atoms with Gasteiger partial charge in [0.2, 0.25) is 0 Å². The maximum atomic E-state index is 4.58. The minimum absolute atomic E-state index is 0.137. The van der Waals surface area contributed by atoms with Crippen LogP contribution in [0.15, 0.2) is 5.38 Å². The van der Waals surface area contributed by atoms with Crippen LogP contribution in [0.3, 0.4) is 0 Å². The van der Waals surface area contributed by atoms with Crippen molar-refractivity contribution in [3.63, 3.8) is 0 Å². The highest BCUT2D eigenvalue weighted by atomic mass is 32.1. The quantitative estimate of drug-likeness (QED) is 0.825. The van der Waals surface area contributed by atoms with Crippen LogP contribution in [-0.4, -0.2) is 41.6 Å². The average molecular weight is 269 g/mol. The monoisotopic (exact) mass is 269 g/mol. The third kappa shape index (κ3) is 3.53. The molecule has 1 atom stereocenters. The number of aromatic nitrogens is 1. The first-order chi connectivity index (χ1) is 8.45. The summed E-state index contributed by atoms with van der Waals surface area (Å²) in [5.74, 6) is 0. The summed E-state index contributed by atoms with van der Waals surface area (Å²) in [6.07, 6.45) is 0.999. The number of thiazole rings is 1. The van der Waals surface area contributed by atoms with Gasteiger partial charge in [0.05, 0.1) is 5.01 Å². The lowest BCUT2D eigenvalue weighted by atomic mass is 9.90. The summed E-state index contributed by atoms with van der Waals surface area (Å²) < 4.78 is 0. The molecule has 18 heavy (non-hydrogen) atoms. The van der Waals surface area contributed by atoms with Crippen molar-refractivity contribution in [3.05, 3.63) is 16.1 Å². The van der Waals surface area contributed by atoms with Crippen LogP contribution in [0.25, 0.3) is 0 Å². The molecule has 104 valence electrons. The molecule has 0 aromatic carbocycles. The fourth-order valence-electron chi connectivity index (χ4n) is 2.64. The van der Waals surface area contributed by atoms with Gasteiger partial charge in [0.1, 0.15) is 0 Å². The van der Waals surface area contributed by atoms with E-state index in [1.807, 2.05) is 0 Å². The molecule has 1 unspecified atom stereocenters. The van der Waals surface area contributed by atoms with Gasteiger partial charge >= 0.3 is 0 Å². The first kappa shape index (κ1) is 15.6. The first-order valence-electron chi connectivity index (χ1n) is 6.79. The van der Waals surface area contributed by atoms with E-state index in [1.54, 1.807) is 11.3 Å². The molecule has 0 spiro atoms. The highest BCUT2D eigenvalue weighted by Gasteiger charge is 2.33. The van der Waals surface area contributed by atoms with Crippen molar-refractivity contribution in [1.82, 2.24) is 15.2 Å². The van der Waals surface area contributed by atoms with Gasteiger partial charge in [-0.15, -0.1) is 11.3 Å². The molecule has 1 aromatic heterocycles. The van der Waals surface area contributed by atoms with Crippen LogP contribution >= 0.6 is 11.3 Å². The van der Waals surface area contributed by atoms with E-state index >= 15 is 0 Å². The van der Waals surface area contributed by atoms with Gasteiger partial charge in [-0.3, -0.25) is 4.90 Å². The maximum Gasteiger partial charge on any atom is 0.0944 e. The second kappa shape index (κ2) is 6.64. The molecular formula is C14H27N3S. The Hall–Kier alpha value is -0.450. The summed E-state index contributed by atoms with van der Waals surface area (Å²) in [5.41, 5.74) is 1.27. The summed E-state index contributed by atoms with van der Waals surface area (Å²) in [4.78, 5) is 7.09. The fourth-order valence-corrected chi connectivity index (χ4v) is 3.45. The van der Waals surface area contributed by atoms with Crippen molar-refractivity contribution in [3.8, 4) is 0 Å². The Balaban J connectivity index is 2.81. The minimum atomic E-state index is 0.137. The van der Waals surface area contributed by atoms with Crippen molar-refractivity contribution in [2.45, 2.75) is 52.6 Å². The van der Waals surface area contributed by atoms with E-state index in [9.17, 15) is 0 Å². The smallest absolute Gasteiger partial charge is 0.0944 e. The van der Waals surface area contributed by atoms with Gasteiger partial charge in [-0.1, -0.05) is 13.8 Å². The number of nitrogens with zero attached hydrogens (tertiary/aromatic N) is 2. The van der Waals surface area contributed by atoms with Crippen molar-refractivity contribution in [2.24, 2.45) is 0 Å². The Kier molecular flexibility index (Phi) is 5.76. The predicted molar refractivity (Wildman–Crippen MR) is 80.4 cm³/mol. The Morgan fingerprint density at radius 2 is 2.00 bits per heavy atom. The van der Waals surface area contributed by atoms with E-state index in [1.165, 1.54) is 5.01 Å². The zero-order valence-electron chi connectivity index (χ0n) is 12.6. The van der Waals surface area contributed by atoms with Gasteiger partial charge in [-0.05, 0) is 40.9 Å². The van der Waals surface area contributed by atoms with E-state index < -0.39 is 0 Å². The predicted octanol–water partition coefficient (Wildman–Crippen LogP) is 2.70. The molecule has 0 aliphatic rings. The third-order valence-corrected chi connectivity index (χ3v) is 4.81. The van der Waals surface area contributed by atoms with Crippen molar-refractivity contribution < 1.29 is 0 Å². The summed E-state index contributed by atoms with van der Waals surface area (Å²) in [6.45, 7) is 13.3. The SMILES string of the molecule is CCN(CC)C(C)(C)C(Cc1nc(C)cs1)NC. The number of hydrogen-bond acceptors (Lipinski definition) is 4. The van der Waals surface area contributed by atoms with Gasteiger partial charge in [0.25, 0.3) is 0 Å². The van der Waals surface area contributed by atoms with Crippen molar-refractivity contribution in [1.29, 1.82) is 0 Å². The Morgan fingerprint density at radius 3 is 2.39 bits per heavy atom. The minimum Gasteiger partial charge on any atom is -0.315 e. The lowest BCUT2D eigenvalue weighted by Crippen LogP contribution is -2.57. The molecule has 0 saturated heterocycles. The van der Waals surface area contributed by atoms with Gasteiger partial charge in [0.15, 0.2) is 0 Å². The normalized spacial score (nSPS) is 14.2. The fraction of sp³-hybridized carbons (Fsp3) is 0.786. The Morgan fingerprint density at radius 1 is 1.39 bits per heavy atom. The Bertz CT molecular complexity index is 356. The molecule has 0 aliphatic carbocycles. The molecule has 3 nitrogen and oxygen atoms in total. The number of rotatable bonds is 7. The van der Waals surface area contributed by atoms with E-state index in [0.29, 0.717) is 6.04 Å². The summed E-state index contributed by atoms with van der Waals surface area (Å²) in [7, 11) is 2.05. The molecular weight excluding hydrogens is 242 g/mol. The van der Waals surface area contributed by atoms with Crippen LogP contribution in [0.5, 0.6) is 0 Å². The van der Waals surface area contributed by atoms with Crippen LogP contribution < -0.4 is 5.32 Å². The van der Waals surface area contributed by atoms with Gasteiger partial charge in [-0.25, -0.2) is 4.98 Å². The number of hydrogen-bond donors (Lipinski definition) is 1. The standard InChI is InChI=1S/C14H27N3S/c1-7-17(8-2)14(4,5)12(15-6)9-13-16-11(3)10-18-13/h10,12,15H,7-9H2,1-6H3. The molecule has 0 bridgehead atoms. The highest BCUT2D eigenvalue weighted by Crippen LogP contribution is 2.23. The molecule has 0 saturated carbocycles. The largest absolute Gasteiger partial charge is 0.315 e. The number of nitrogens with one attached hydrogen (secondary N) is 1. The highest BCUT2D eigenvalue weighted by molar-refractivity contribution is 7.09. The van der Waals surface area contributed by atoms with Gasteiger partial charge < -0.3 is 5.32 Å². The topological polar surface area (TPSA) is 28.2 Å². The zero-order chi connectivity index (χ0) is 13.8. The molecule has 1 aromatic rings. The van der Waals surface area contributed by atoms with Crippen LogP contribution in [0.4, 0.5) is 0 Å². The molecule has 0 radical (unpaired) electrons. The molecule has 0 aliphatic heterocycles. The molecule has 4 heteroatoms. The Labute approximate surface area is 116 Å². The van der Waals surface area contributed by atoms with E-state index in [0.717, 1.165) is 25.2 Å². The average Bonchev–Trinajstić information content (AvgIpc) is 2.72. The van der Waals surface area contributed by atoms with Crippen LogP contribution in [-0.2, 0) is 6.42 Å². The maximum absolute atomic E-state index is 4.58. The van der Waals surface area contributed by atoms with E-state index in [-0.39, 0.29) is 5.54 Å². The lowest BCUT2D eigenvalue weighted by molar-refractivity contribution is 0.0943. The summed E-state index contributed by atoms with van der Waals surface area (Å²) >= 11 is 1.77. The van der Waals surface area contributed by atoms with Crippen molar-refractivity contribution >= 4 is 11.3 Å². The summed E-state index contributed by atoms with van der Waals surface area (Å²) in [6, 6.07) is 0.419. The number of likely N-dealkylation sites (N-methyl/N-ethyl adjacent to an activating group) is 2. The zero-order valence-corrected chi connectivity index (χ0v) is 13.4. The molecule has 1 heterocycles. The van der Waals surface area contributed by atoms with Crippen LogP contribution in [0.1, 0.15) is 38.4 Å². The molecule has 1 rings (SSSR count). The lowest BCUT2D eigenvalue weighted by Gasteiger charge is -2.43. The van der Waals surface area contributed by atoms with Crippen LogP contribution in [0.2, 0.25) is 0 Å². The van der Waals surface area contributed by atoms with Gasteiger partial charge in [0, 0.05) is 29.1 Å². The number of aryl methyl sites for hydroxylation is 1. The molecule has 0 amide bonds. The van der Waals surface area contributed by atoms with Crippen molar-refractivity contribution in [2.75, 3.05) is 20.1 Å².